The molecule has 3 aliphatic rings. The Hall–Kier alpha value is -1.16. The van der Waals surface area contributed by atoms with Gasteiger partial charge in [0.1, 0.15) is 0 Å². The van der Waals surface area contributed by atoms with Crippen LogP contribution in [0.1, 0.15) is 53.4 Å². The van der Waals surface area contributed by atoms with E-state index < -0.39 is 14.2 Å². The van der Waals surface area contributed by atoms with Crippen LogP contribution in [-0.2, 0) is 14.3 Å². The van der Waals surface area contributed by atoms with Crippen LogP contribution in [0.3, 0.4) is 0 Å². The second kappa shape index (κ2) is 5.93. The van der Waals surface area contributed by atoms with Gasteiger partial charge in [-0.25, -0.2) is 0 Å². The average molecular weight is 361 g/mol. The minimum Gasteiger partial charge on any atom is -0.449 e. The Bertz CT molecular complexity index is 685. The van der Waals surface area contributed by atoms with Gasteiger partial charge in [-0.1, -0.05) is 46.0 Å². The fraction of sp³-hybridized carbons (Fsp3) is 0.714. The number of ether oxygens (including phenoxy) is 1. The molecule has 1 saturated carbocycles. The van der Waals surface area contributed by atoms with E-state index in [1.165, 1.54) is 30.9 Å². The molecule has 3 nitrogen and oxygen atoms in total. The number of hydrogen-bond donors (Lipinski definition) is 0. The van der Waals surface area contributed by atoms with Crippen molar-refractivity contribution < 1.29 is 14.3 Å². The molecular formula is C21H32O3Si. The molecule has 0 bridgehead atoms. The SMILES string of the molecule is CC(=O)O[C@@H]1C(=O)C([Si](C)(C)C)=C2CC3C[C@@H](C(C)(C)C)CCC3=C21. The van der Waals surface area contributed by atoms with Gasteiger partial charge in [-0.05, 0) is 53.7 Å². The number of fused-ring (bicyclic) bond motifs is 2. The van der Waals surface area contributed by atoms with E-state index in [0.717, 1.165) is 29.5 Å². The molecule has 1 fully saturated rings. The van der Waals surface area contributed by atoms with Crippen LogP contribution in [0.25, 0.3) is 0 Å². The van der Waals surface area contributed by atoms with Crippen molar-refractivity contribution in [2.45, 2.75) is 79.1 Å². The van der Waals surface area contributed by atoms with Gasteiger partial charge < -0.3 is 4.74 Å². The molecule has 3 aliphatic carbocycles. The summed E-state index contributed by atoms with van der Waals surface area (Å²) in [5, 5.41) is 1.03. The van der Waals surface area contributed by atoms with Crippen LogP contribution in [0.2, 0.25) is 19.6 Å². The van der Waals surface area contributed by atoms with Gasteiger partial charge in [0.2, 0.25) is 0 Å². The van der Waals surface area contributed by atoms with E-state index in [2.05, 4.69) is 40.4 Å². The smallest absolute Gasteiger partial charge is 0.303 e. The van der Waals surface area contributed by atoms with Gasteiger partial charge >= 0.3 is 5.97 Å². The normalized spacial score (nSPS) is 29.9. The van der Waals surface area contributed by atoms with Crippen LogP contribution in [-0.4, -0.2) is 25.9 Å². The van der Waals surface area contributed by atoms with Crippen molar-refractivity contribution in [2.75, 3.05) is 0 Å². The van der Waals surface area contributed by atoms with E-state index in [-0.39, 0.29) is 11.8 Å². The third-order valence-corrected chi connectivity index (χ3v) is 8.30. The van der Waals surface area contributed by atoms with Crippen LogP contribution in [0.4, 0.5) is 0 Å². The van der Waals surface area contributed by atoms with Gasteiger partial charge in [0.05, 0.1) is 8.07 Å². The lowest BCUT2D eigenvalue weighted by molar-refractivity contribution is -0.148. The summed E-state index contributed by atoms with van der Waals surface area (Å²) < 4.78 is 5.54. The summed E-state index contributed by atoms with van der Waals surface area (Å²) in [6.07, 6.45) is 3.76. The maximum Gasteiger partial charge on any atom is 0.303 e. The molecule has 138 valence electrons. The molecule has 3 rings (SSSR count). The summed E-state index contributed by atoms with van der Waals surface area (Å²) in [4.78, 5) is 24.7. The molecule has 0 radical (unpaired) electrons. The molecule has 0 heterocycles. The molecule has 25 heavy (non-hydrogen) atoms. The molecule has 0 aromatic carbocycles. The van der Waals surface area contributed by atoms with Gasteiger partial charge in [0, 0.05) is 12.5 Å². The lowest BCUT2D eigenvalue weighted by atomic mass is 9.67. The van der Waals surface area contributed by atoms with Crippen molar-refractivity contribution >= 4 is 19.8 Å². The summed E-state index contributed by atoms with van der Waals surface area (Å²) in [6, 6.07) is 0. The van der Waals surface area contributed by atoms with Gasteiger partial charge in [-0.15, -0.1) is 0 Å². The predicted octanol–water partition coefficient (Wildman–Crippen LogP) is 4.84. The number of ketones is 1. The van der Waals surface area contributed by atoms with E-state index in [1.54, 1.807) is 0 Å². The highest BCUT2D eigenvalue weighted by atomic mass is 28.3. The first kappa shape index (κ1) is 18.6. The van der Waals surface area contributed by atoms with Crippen molar-refractivity contribution in [3.63, 3.8) is 0 Å². The first-order chi connectivity index (χ1) is 11.4. The maximum atomic E-state index is 13.1. The molecule has 0 saturated heterocycles. The molecular weight excluding hydrogens is 328 g/mol. The standard InChI is InChI=1S/C21H32O3Si/c1-12(22)24-19-17-15-9-8-14(21(2,3)4)10-13(15)11-16(17)20(18(19)23)25(5,6)7/h13-14,19H,8-11H2,1-7H3/t13?,14-,19-/m0/s1. The number of carbonyl (C=O) groups excluding carboxylic acids is 2. The predicted molar refractivity (Wildman–Crippen MR) is 103 cm³/mol. The Morgan fingerprint density at radius 1 is 1.20 bits per heavy atom. The Morgan fingerprint density at radius 3 is 2.36 bits per heavy atom. The summed E-state index contributed by atoms with van der Waals surface area (Å²) >= 11 is 0. The van der Waals surface area contributed by atoms with Crippen LogP contribution < -0.4 is 0 Å². The van der Waals surface area contributed by atoms with Crippen molar-refractivity contribution in [1.29, 1.82) is 0 Å². The number of Topliss-reactive ketones (excluding diaryl/α,β-unsaturated/α-hetero) is 1. The molecule has 0 aromatic heterocycles. The largest absolute Gasteiger partial charge is 0.449 e. The van der Waals surface area contributed by atoms with Gasteiger partial charge in [-0.3, -0.25) is 9.59 Å². The van der Waals surface area contributed by atoms with Gasteiger partial charge in [0.15, 0.2) is 11.9 Å². The van der Waals surface area contributed by atoms with E-state index in [1.807, 2.05) is 0 Å². The third-order valence-electron chi connectivity index (χ3n) is 6.25. The molecule has 0 aliphatic heterocycles. The highest BCUT2D eigenvalue weighted by Crippen LogP contribution is 2.55. The van der Waals surface area contributed by atoms with Gasteiger partial charge in [-0.2, -0.15) is 0 Å². The fourth-order valence-electron chi connectivity index (χ4n) is 5.11. The van der Waals surface area contributed by atoms with Crippen LogP contribution in [0.5, 0.6) is 0 Å². The molecule has 4 heteroatoms. The first-order valence-corrected chi connectivity index (χ1v) is 13.1. The zero-order chi connectivity index (χ0) is 18.7. The monoisotopic (exact) mass is 360 g/mol. The minimum atomic E-state index is -1.78. The number of carbonyl (C=O) groups is 2. The Morgan fingerprint density at radius 2 is 1.84 bits per heavy atom. The Labute approximate surface area is 152 Å². The minimum absolute atomic E-state index is 0.0725. The summed E-state index contributed by atoms with van der Waals surface area (Å²) in [7, 11) is -1.78. The van der Waals surface area contributed by atoms with Crippen molar-refractivity contribution in [2.24, 2.45) is 17.3 Å². The number of esters is 1. The van der Waals surface area contributed by atoms with E-state index in [4.69, 9.17) is 4.74 Å². The quantitative estimate of drug-likeness (QED) is 0.523. The zero-order valence-electron chi connectivity index (χ0n) is 16.8. The number of hydrogen-bond acceptors (Lipinski definition) is 3. The second-order valence-electron chi connectivity index (χ2n) is 10.1. The lowest BCUT2D eigenvalue weighted by Gasteiger charge is -2.38. The topological polar surface area (TPSA) is 43.4 Å². The molecule has 0 aromatic rings. The summed E-state index contributed by atoms with van der Waals surface area (Å²) in [5.41, 5.74) is 4.11. The third kappa shape index (κ3) is 3.18. The van der Waals surface area contributed by atoms with Gasteiger partial charge in [0.25, 0.3) is 0 Å². The van der Waals surface area contributed by atoms with E-state index in [0.29, 0.717) is 11.3 Å². The van der Waals surface area contributed by atoms with E-state index in [9.17, 15) is 9.59 Å². The van der Waals surface area contributed by atoms with Crippen molar-refractivity contribution in [1.82, 2.24) is 0 Å². The molecule has 0 spiro atoms. The van der Waals surface area contributed by atoms with Crippen LogP contribution in [0.15, 0.2) is 21.9 Å². The molecule has 0 N–H and O–H groups in total. The Kier molecular flexibility index (Phi) is 4.42. The molecule has 1 unspecified atom stereocenters. The summed E-state index contributed by atoms with van der Waals surface area (Å²) in [6.45, 7) is 15.1. The van der Waals surface area contributed by atoms with Crippen LogP contribution >= 0.6 is 0 Å². The Balaban J connectivity index is 2.03. The lowest BCUT2D eigenvalue weighted by Crippen LogP contribution is -2.34. The van der Waals surface area contributed by atoms with Crippen molar-refractivity contribution in [3.05, 3.63) is 21.9 Å². The number of allylic oxidation sites excluding steroid dienone is 1. The second-order valence-corrected chi connectivity index (χ2v) is 15.1. The highest BCUT2D eigenvalue weighted by molar-refractivity contribution is 6.88. The zero-order valence-corrected chi connectivity index (χ0v) is 17.8. The van der Waals surface area contributed by atoms with Crippen LogP contribution in [0, 0.1) is 17.3 Å². The first-order valence-electron chi connectivity index (χ1n) is 9.59. The molecule has 3 atom stereocenters. The number of rotatable bonds is 2. The highest BCUT2D eigenvalue weighted by Gasteiger charge is 2.51. The van der Waals surface area contributed by atoms with Crippen molar-refractivity contribution in [3.8, 4) is 0 Å². The fourth-order valence-corrected chi connectivity index (χ4v) is 7.12. The molecule has 0 amide bonds. The summed E-state index contributed by atoms with van der Waals surface area (Å²) in [5.74, 6) is 0.984. The van der Waals surface area contributed by atoms with E-state index >= 15 is 0 Å². The maximum absolute atomic E-state index is 13.1. The average Bonchev–Trinajstić information content (AvgIpc) is 2.91.